The van der Waals surface area contributed by atoms with Crippen molar-refractivity contribution < 1.29 is 9.90 Å². The second kappa shape index (κ2) is 5.99. The van der Waals surface area contributed by atoms with Crippen LogP contribution in [0, 0.1) is 5.92 Å². The minimum absolute atomic E-state index is 0.00155. The lowest BCUT2D eigenvalue weighted by molar-refractivity contribution is 0.0690. The van der Waals surface area contributed by atoms with Crippen LogP contribution in [0.25, 0.3) is 0 Å². The first-order valence-electron chi connectivity index (χ1n) is 6.90. The fraction of sp³-hybridized carbons (Fsp3) is 0.643. The van der Waals surface area contributed by atoms with Crippen LogP contribution in [-0.4, -0.2) is 33.6 Å². The van der Waals surface area contributed by atoms with E-state index in [4.69, 9.17) is 5.11 Å². The molecule has 1 aliphatic heterocycles. The maximum atomic E-state index is 10.8. The molecular formula is C14H21N3O2. The molecule has 5 heteroatoms. The zero-order valence-corrected chi connectivity index (χ0v) is 11.5. The first-order valence-corrected chi connectivity index (χ1v) is 6.90. The van der Waals surface area contributed by atoms with E-state index >= 15 is 0 Å². The van der Waals surface area contributed by atoms with Crippen molar-refractivity contribution in [3.05, 3.63) is 18.1 Å². The van der Waals surface area contributed by atoms with Crippen molar-refractivity contribution in [1.82, 2.24) is 9.97 Å². The maximum Gasteiger partial charge on any atom is 0.356 e. The predicted molar refractivity (Wildman–Crippen MR) is 73.4 cm³/mol. The van der Waals surface area contributed by atoms with E-state index in [2.05, 4.69) is 28.7 Å². The summed E-state index contributed by atoms with van der Waals surface area (Å²) in [4.78, 5) is 21.2. The Kier molecular flexibility index (Phi) is 4.35. The monoisotopic (exact) mass is 263 g/mol. The highest BCUT2D eigenvalue weighted by Crippen LogP contribution is 2.27. The summed E-state index contributed by atoms with van der Waals surface area (Å²) in [5.74, 6) is 0.482. The van der Waals surface area contributed by atoms with Gasteiger partial charge in [-0.05, 0) is 31.6 Å². The largest absolute Gasteiger partial charge is 0.476 e. The Labute approximate surface area is 113 Å². The number of carbonyl (C=O) groups is 1. The quantitative estimate of drug-likeness (QED) is 0.884. The number of aromatic nitrogens is 2. The number of carboxylic acid groups (broad SMARTS) is 1. The minimum atomic E-state index is -1.03. The maximum absolute atomic E-state index is 10.8. The SMILES string of the molecule is CC(C)CCC1CCCN1c1cnc(C(=O)O)cn1. The molecule has 0 spiro atoms. The summed E-state index contributed by atoms with van der Waals surface area (Å²) in [6, 6.07) is 0.521. The molecule has 1 aromatic rings. The molecule has 1 saturated heterocycles. The number of hydrogen-bond acceptors (Lipinski definition) is 4. The molecule has 1 aromatic heterocycles. The molecule has 0 radical (unpaired) electrons. The molecule has 0 aromatic carbocycles. The van der Waals surface area contributed by atoms with Crippen LogP contribution in [0.5, 0.6) is 0 Å². The number of hydrogen-bond donors (Lipinski definition) is 1. The van der Waals surface area contributed by atoms with E-state index < -0.39 is 5.97 Å². The van der Waals surface area contributed by atoms with Gasteiger partial charge in [0, 0.05) is 12.6 Å². The third-order valence-corrected chi connectivity index (χ3v) is 3.61. The molecule has 1 atom stereocenters. The number of rotatable bonds is 5. The Morgan fingerprint density at radius 2 is 2.26 bits per heavy atom. The number of aromatic carboxylic acids is 1. The molecule has 0 saturated carbocycles. The van der Waals surface area contributed by atoms with Gasteiger partial charge in [0.15, 0.2) is 5.69 Å². The van der Waals surface area contributed by atoms with Crippen molar-refractivity contribution in [2.45, 2.75) is 45.6 Å². The van der Waals surface area contributed by atoms with E-state index in [1.54, 1.807) is 6.20 Å². The molecule has 1 N–H and O–H groups in total. The van der Waals surface area contributed by atoms with Gasteiger partial charge in [-0.25, -0.2) is 14.8 Å². The molecule has 5 nitrogen and oxygen atoms in total. The first-order chi connectivity index (χ1) is 9.08. The fourth-order valence-corrected chi connectivity index (χ4v) is 2.54. The first kappa shape index (κ1) is 13.8. The topological polar surface area (TPSA) is 66.3 Å². The molecule has 0 amide bonds. The summed E-state index contributed by atoms with van der Waals surface area (Å²) in [5.41, 5.74) is 0.00155. The molecule has 1 fully saturated rings. The van der Waals surface area contributed by atoms with Crippen molar-refractivity contribution >= 4 is 11.8 Å². The standard InChI is InChI=1S/C14H21N3O2/c1-10(2)5-6-11-4-3-7-17(11)13-9-15-12(8-16-13)14(18)19/h8-11H,3-7H2,1-2H3,(H,18,19). The molecule has 1 unspecified atom stereocenters. The molecule has 2 rings (SSSR count). The fourth-order valence-electron chi connectivity index (χ4n) is 2.54. The number of anilines is 1. The Hall–Kier alpha value is -1.65. The zero-order chi connectivity index (χ0) is 13.8. The highest BCUT2D eigenvalue weighted by Gasteiger charge is 2.25. The zero-order valence-electron chi connectivity index (χ0n) is 11.5. The van der Waals surface area contributed by atoms with Crippen LogP contribution in [0.2, 0.25) is 0 Å². The number of carboxylic acids is 1. The highest BCUT2D eigenvalue weighted by molar-refractivity contribution is 5.84. The number of nitrogens with zero attached hydrogens (tertiary/aromatic N) is 3. The predicted octanol–water partition coefficient (Wildman–Crippen LogP) is 2.58. The van der Waals surface area contributed by atoms with Crippen molar-refractivity contribution in [1.29, 1.82) is 0 Å². The van der Waals surface area contributed by atoms with Gasteiger partial charge >= 0.3 is 5.97 Å². The van der Waals surface area contributed by atoms with E-state index in [9.17, 15) is 4.79 Å². The highest BCUT2D eigenvalue weighted by atomic mass is 16.4. The van der Waals surface area contributed by atoms with E-state index in [-0.39, 0.29) is 5.69 Å². The smallest absolute Gasteiger partial charge is 0.356 e. The van der Waals surface area contributed by atoms with Crippen LogP contribution in [0.1, 0.15) is 50.0 Å². The van der Waals surface area contributed by atoms with Crippen LogP contribution in [-0.2, 0) is 0 Å². The molecule has 0 bridgehead atoms. The van der Waals surface area contributed by atoms with E-state index in [1.807, 2.05) is 0 Å². The third kappa shape index (κ3) is 3.43. The van der Waals surface area contributed by atoms with Crippen molar-refractivity contribution in [3.8, 4) is 0 Å². The van der Waals surface area contributed by atoms with Crippen LogP contribution < -0.4 is 4.90 Å². The Bertz CT molecular complexity index is 431. The van der Waals surface area contributed by atoms with E-state index in [1.165, 1.54) is 31.9 Å². The van der Waals surface area contributed by atoms with Gasteiger partial charge < -0.3 is 10.0 Å². The van der Waals surface area contributed by atoms with Crippen LogP contribution in [0.3, 0.4) is 0 Å². The van der Waals surface area contributed by atoms with Gasteiger partial charge in [-0.2, -0.15) is 0 Å². The summed E-state index contributed by atoms with van der Waals surface area (Å²) in [6.07, 6.45) is 7.66. The van der Waals surface area contributed by atoms with Crippen molar-refractivity contribution in [2.75, 3.05) is 11.4 Å². The molecule has 1 aliphatic rings. The molecular weight excluding hydrogens is 242 g/mol. The van der Waals surface area contributed by atoms with Crippen molar-refractivity contribution in [2.24, 2.45) is 5.92 Å². The van der Waals surface area contributed by atoms with E-state index in [0.717, 1.165) is 12.4 Å². The lowest BCUT2D eigenvalue weighted by Crippen LogP contribution is -2.30. The van der Waals surface area contributed by atoms with Gasteiger partial charge in [0.1, 0.15) is 5.82 Å². The second-order valence-corrected chi connectivity index (χ2v) is 5.53. The van der Waals surface area contributed by atoms with Gasteiger partial charge in [0.2, 0.25) is 0 Å². The lowest BCUT2D eigenvalue weighted by Gasteiger charge is -2.26. The van der Waals surface area contributed by atoms with E-state index in [0.29, 0.717) is 12.0 Å². The average molecular weight is 263 g/mol. The summed E-state index contributed by atoms with van der Waals surface area (Å²) >= 11 is 0. The molecule has 104 valence electrons. The average Bonchev–Trinajstić information content (AvgIpc) is 2.84. The lowest BCUT2D eigenvalue weighted by atomic mass is 10.0. The van der Waals surface area contributed by atoms with Crippen LogP contribution >= 0.6 is 0 Å². The van der Waals surface area contributed by atoms with Gasteiger partial charge in [0.25, 0.3) is 0 Å². The van der Waals surface area contributed by atoms with Gasteiger partial charge in [-0.1, -0.05) is 13.8 Å². The molecule has 0 aliphatic carbocycles. The Balaban J connectivity index is 2.04. The minimum Gasteiger partial charge on any atom is -0.476 e. The molecule has 2 heterocycles. The second-order valence-electron chi connectivity index (χ2n) is 5.53. The Morgan fingerprint density at radius 1 is 1.47 bits per heavy atom. The van der Waals surface area contributed by atoms with Crippen LogP contribution in [0.4, 0.5) is 5.82 Å². The van der Waals surface area contributed by atoms with Gasteiger partial charge in [-0.3, -0.25) is 0 Å². The normalized spacial score (nSPS) is 19.1. The van der Waals surface area contributed by atoms with Gasteiger partial charge in [-0.15, -0.1) is 0 Å². The molecule has 19 heavy (non-hydrogen) atoms. The van der Waals surface area contributed by atoms with Crippen molar-refractivity contribution in [3.63, 3.8) is 0 Å². The summed E-state index contributed by atoms with van der Waals surface area (Å²) in [6.45, 7) is 5.46. The summed E-state index contributed by atoms with van der Waals surface area (Å²) in [7, 11) is 0. The Morgan fingerprint density at radius 3 is 2.84 bits per heavy atom. The summed E-state index contributed by atoms with van der Waals surface area (Å²) in [5, 5.41) is 8.82. The van der Waals surface area contributed by atoms with Crippen LogP contribution in [0.15, 0.2) is 12.4 Å². The van der Waals surface area contributed by atoms with Gasteiger partial charge in [0.05, 0.1) is 12.4 Å². The summed E-state index contributed by atoms with van der Waals surface area (Å²) < 4.78 is 0. The third-order valence-electron chi connectivity index (χ3n) is 3.61.